The van der Waals surface area contributed by atoms with E-state index in [1.807, 2.05) is 42.1 Å². The molecule has 1 aliphatic rings. The van der Waals surface area contributed by atoms with Crippen molar-refractivity contribution in [3.8, 4) is 0 Å². The number of hydrogen-bond acceptors (Lipinski definition) is 6. The minimum Gasteiger partial charge on any atom is -0.346 e. The summed E-state index contributed by atoms with van der Waals surface area (Å²) < 4.78 is 2.02. The average Bonchev–Trinajstić information content (AvgIpc) is 3.26. The van der Waals surface area contributed by atoms with Crippen LogP contribution < -0.4 is 5.32 Å². The number of benzene rings is 1. The third-order valence-corrected chi connectivity index (χ3v) is 6.24. The van der Waals surface area contributed by atoms with Gasteiger partial charge in [-0.05, 0) is 49.1 Å². The molecular formula is C23H25N5O3S. The molecule has 0 radical (unpaired) electrons. The highest BCUT2D eigenvalue weighted by Crippen LogP contribution is 2.24. The Bertz CT molecular complexity index is 1140. The van der Waals surface area contributed by atoms with E-state index < -0.39 is 5.91 Å². The van der Waals surface area contributed by atoms with E-state index in [9.17, 15) is 14.4 Å². The number of amides is 3. The molecule has 2 aromatic heterocycles. The molecular weight excluding hydrogens is 426 g/mol. The molecule has 9 heteroatoms. The number of pyridine rings is 1. The highest BCUT2D eigenvalue weighted by Gasteiger charge is 2.36. The van der Waals surface area contributed by atoms with Gasteiger partial charge in [-0.3, -0.25) is 24.3 Å². The Balaban J connectivity index is 1.38. The Hall–Kier alpha value is -3.20. The van der Waals surface area contributed by atoms with Crippen LogP contribution in [0.1, 0.15) is 52.0 Å². The number of carbonyl (C=O) groups is 3. The fourth-order valence-corrected chi connectivity index (χ4v) is 4.43. The quantitative estimate of drug-likeness (QED) is 0.503. The molecule has 3 heterocycles. The standard InChI is InChI=1S/C23H25N5O3S/c1-27-18-9-4-3-8-16(18)26-21(27)17(11-14-32-2)25-19(29)10-6-13-28-22(30)15-7-5-12-24-20(15)23(28)31/h3-5,7-9,12,17H,6,10-11,13-14H2,1-2H3,(H,25,29)/t17-/m0/s1. The van der Waals surface area contributed by atoms with Crippen LogP contribution in [0, 0.1) is 0 Å². The fourth-order valence-electron chi connectivity index (χ4n) is 3.96. The Labute approximate surface area is 190 Å². The lowest BCUT2D eigenvalue weighted by molar-refractivity contribution is -0.122. The summed E-state index contributed by atoms with van der Waals surface area (Å²) in [6.45, 7) is 0.184. The number of para-hydroxylation sites is 2. The van der Waals surface area contributed by atoms with E-state index in [1.165, 1.54) is 11.1 Å². The predicted molar refractivity (Wildman–Crippen MR) is 123 cm³/mol. The number of hydrogen-bond donors (Lipinski definition) is 1. The summed E-state index contributed by atoms with van der Waals surface area (Å²) in [4.78, 5) is 47.5. The minimum absolute atomic E-state index is 0.127. The zero-order valence-electron chi connectivity index (χ0n) is 18.1. The van der Waals surface area contributed by atoms with E-state index in [-0.39, 0.29) is 36.5 Å². The maximum Gasteiger partial charge on any atom is 0.280 e. The van der Waals surface area contributed by atoms with Gasteiger partial charge in [0, 0.05) is 26.2 Å². The van der Waals surface area contributed by atoms with Gasteiger partial charge >= 0.3 is 0 Å². The maximum atomic E-state index is 12.7. The van der Waals surface area contributed by atoms with Crippen LogP contribution in [-0.4, -0.2) is 55.7 Å². The van der Waals surface area contributed by atoms with Gasteiger partial charge in [0.1, 0.15) is 11.5 Å². The number of nitrogens with zero attached hydrogens (tertiary/aromatic N) is 4. The Morgan fingerprint density at radius 2 is 1.97 bits per heavy atom. The number of fused-ring (bicyclic) bond motifs is 2. The van der Waals surface area contributed by atoms with Crippen LogP contribution in [0.3, 0.4) is 0 Å². The average molecular weight is 452 g/mol. The van der Waals surface area contributed by atoms with Gasteiger partial charge in [0.05, 0.1) is 22.6 Å². The van der Waals surface area contributed by atoms with E-state index in [0.29, 0.717) is 12.0 Å². The van der Waals surface area contributed by atoms with Crippen LogP contribution >= 0.6 is 11.8 Å². The molecule has 0 saturated carbocycles. The van der Waals surface area contributed by atoms with E-state index in [0.717, 1.165) is 29.0 Å². The summed E-state index contributed by atoms with van der Waals surface area (Å²) in [6.07, 6.45) is 4.88. The van der Waals surface area contributed by atoms with Gasteiger partial charge in [-0.15, -0.1) is 0 Å². The molecule has 0 bridgehead atoms. The van der Waals surface area contributed by atoms with Crippen molar-refractivity contribution in [2.45, 2.75) is 25.3 Å². The van der Waals surface area contributed by atoms with E-state index >= 15 is 0 Å². The largest absolute Gasteiger partial charge is 0.346 e. The molecule has 1 atom stereocenters. The first kappa shape index (κ1) is 22.0. The lowest BCUT2D eigenvalue weighted by atomic mass is 10.2. The van der Waals surface area contributed by atoms with Crippen molar-refractivity contribution in [2.24, 2.45) is 7.05 Å². The Kier molecular flexibility index (Phi) is 6.55. The summed E-state index contributed by atoms with van der Waals surface area (Å²) in [7, 11) is 1.96. The van der Waals surface area contributed by atoms with Gasteiger partial charge in [0.15, 0.2) is 0 Å². The molecule has 1 aliphatic heterocycles. The fraction of sp³-hybridized carbons (Fsp3) is 0.348. The summed E-state index contributed by atoms with van der Waals surface area (Å²) in [5.41, 5.74) is 2.42. The molecule has 166 valence electrons. The van der Waals surface area contributed by atoms with Gasteiger partial charge in [0.2, 0.25) is 5.91 Å². The number of nitrogens with one attached hydrogen (secondary N) is 1. The third kappa shape index (κ3) is 4.25. The van der Waals surface area contributed by atoms with Crippen molar-refractivity contribution >= 4 is 40.5 Å². The number of aryl methyl sites for hydroxylation is 1. The lowest BCUT2D eigenvalue weighted by Crippen LogP contribution is -2.33. The highest BCUT2D eigenvalue weighted by molar-refractivity contribution is 7.98. The van der Waals surface area contributed by atoms with Crippen molar-refractivity contribution in [1.82, 2.24) is 24.8 Å². The van der Waals surface area contributed by atoms with Crippen molar-refractivity contribution in [2.75, 3.05) is 18.6 Å². The van der Waals surface area contributed by atoms with E-state index in [1.54, 1.807) is 23.9 Å². The molecule has 3 aromatic rings. The third-order valence-electron chi connectivity index (χ3n) is 5.60. The van der Waals surface area contributed by atoms with Crippen LogP contribution in [0.25, 0.3) is 11.0 Å². The van der Waals surface area contributed by atoms with Crippen molar-refractivity contribution in [1.29, 1.82) is 0 Å². The zero-order chi connectivity index (χ0) is 22.7. The van der Waals surface area contributed by atoms with Crippen molar-refractivity contribution in [3.63, 3.8) is 0 Å². The highest BCUT2D eigenvalue weighted by atomic mass is 32.2. The Morgan fingerprint density at radius 1 is 1.16 bits per heavy atom. The topological polar surface area (TPSA) is 97.2 Å². The SMILES string of the molecule is CSCC[C@H](NC(=O)CCCN1C(=O)c2cccnc2C1=O)c1nc2ccccc2n1C. The van der Waals surface area contributed by atoms with Crippen molar-refractivity contribution in [3.05, 3.63) is 59.7 Å². The zero-order valence-corrected chi connectivity index (χ0v) is 18.9. The number of rotatable bonds is 9. The number of thioether (sulfide) groups is 1. The molecule has 4 rings (SSSR count). The van der Waals surface area contributed by atoms with Gasteiger partial charge in [-0.2, -0.15) is 11.8 Å². The maximum absolute atomic E-state index is 12.7. The van der Waals surface area contributed by atoms with Gasteiger partial charge in [0.25, 0.3) is 11.8 Å². The second-order valence-corrected chi connectivity index (χ2v) is 8.67. The molecule has 0 unspecified atom stereocenters. The molecule has 0 saturated heterocycles. The van der Waals surface area contributed by atoms with Gasteiger partial charge in [-0.1, -0.05) is 12.1 Å². The molecule has 32 heavy (non-hydrogen) atoms. The van der Waals surface area contributed by atoms with Gasteiger partial charge < -0.3 is 9.88 Å². The Morgan fingerprint density at radius 3 is 2.72 bits per heavy atom. The van der Waals surface area contributed by atoms with Crippen molar-refractivity contribution < 1.29 is 14.4 Å². The molecule has 0 spiro atoms. The minimum atomic E-state index is -0.399. The van der Waals surface area contributed by atoms with Crippen LogP contribution in [0.2, 0.25) is 0 Å². The number of imide groups is 1. The summed E-state index contributed by atoms with van der Waals surface area (Å²) in [5, 5.41) is 3.10. The molecule has 0 fully saturated rings. The summed E-state index contributed by atoms with van der Waals surface area (Å²) in [6, 6.07) is 10.9. The molecule has 3 amide bonds. The molecule has 8 nitrogen and oxygen atoms in total. The van der Waals surface area contributed by atoms with Crippen LogP contribution in [0.15, 0.2) is 42.6 Å². The first-order chi connectivity index (χ1) is 15.5. The van der Waals surface area contributed by atoms with E-state index in [2.05, 4.69) is 10.3 Å². The first-order valence-electron chi connectivity index (χ1n) is 10.5. The number of carbonyl (C=O) groups excluding carboxylic acids is 3. The molecule has 1 N–H and O–H groups in total. The normalized spacial score (nSPS) is 14.1. The summed E-state index contributed by atoms with van der Waals surface area (Å²) >= 11 is 1.72. The number of aromatic nitrogens is 3. The monoisotopic (exact) mass is 451 g/mol. The summed E-state index contributed by atoms with van der Waals surface area (Å²) in [5.74, 6) is 0.827. The smallest absolute Gasteiger partial charge is 0.280 e. The van der Waals surface area contributed by atoms with Crippen LogP contribution in [-0.2, 0) is 11.8 Å². The second kappa shape index (κ2) is 9.52. The second-order valence-electron chi connectivity index (χ2n) is 7.68. The predicted octanol–water partition coefficient (Wildman–Crippen LogP) is 2.96. The van der Waals surface area contributed by atoms with Crippen LogP contribution in [0.5, 0.6) is 0 Å². The first-order valence-corrected chi connectivity index (χ1v) is 11.9. The molecule has 1 aromatic carbocycles. The van der Waals surface area contributed by atoms with Gasteiger partial charge in [-0.25, -0.2) is 4.98 Å². The van der Waals surface area contributed by atoms with E-state index in [4.69, 9.17) is 4.98 Å². The number of imidazole rings is 1. The van der Waals surface area contributed by atoms with Crippen LogP contribution in [0.4, 0.5) is 0 Å². The molecule has 0 aliphatic carbocycles. The lowest BCUT2D eigenvalue weighted by Gasteiger charge is -2.19.